The van der Waals surface area contributed by atoms with E-state index in [0.29, 0.717) is 18.2 Å². The number of carbonyl (C=O) groups is 1. The lowest BCUT2D eigenvalue weighted by Gasteiger charge is -2.34. The summed E-state index contributed by atoms with van der Waals surface area (Å²) in [5.74, 6) is 0.872. The van der Waals surface area contributed by atoms with Gasteiger partial charge in [0.15, 0.2) is 5.78 Å². The van der Waals surface area contributed by atoms with Crippen molar-refractivity contribution < 1.29 is 14.6 Å². The standard InChI is InChI=1S/C18H24N2O3/c1-23-14-5-6-17-15(10-14)16(11-19-17)18(22)12-20-8-3-2-4-13(20)7-9-21/h5-6,10-11,13,19,21H,2-4,7-9,12H2,1H3. The molecule has 3 rings (SSSR count). The molecule has 0 bridgehead atoms. The minimum absolute atomic E-state index is 0.120. The molecule has 5 nitrogen and oxygen atoms in total. The van der Waals surface area contributed by atoms with Crippen molar-refractivity contribution in [1.29, 1.82) is 0 Å². The Hall–Kier alpha value is -1.85. The van der Waals surface area contributed by atoms with E-state index in [-0.39, 0.29) is 12.4 Å². The lowest BCUT2D eigenvalue weighted by molar-refractivity contribution is 0.0800. The van der Waals surface area contributed by atoms with Gasteiger partial charge in [0.1, 0.15) is 5.75 Å². The van der Waals surface area contributed by atoms with Crippen LogP contribution in [0.15, 0.2) is 24.4 Å². The Morgan fingerprint density at radius 3 is 3.09 bits per heavy atom. The van der Waals surface area contributed by atoms with Crippen molar-refractivity contribution in [3.05, 3.63) is 30.0 Å². The molecule has 0 radical (unpaired) electrons. The average molecular weight is 316 g/mol. The van der Waals surface area contributed by atoms with Crippen molar-refractivity contribution in [1.82, 2.24) is 9.88 Å². The maximum absolute atomic E-state index is 12.8. The second-order valence-electron chi connectivity index (χ2n) is 6.17. The van der Waals surface area contributed by atoms with Gasteiger partial charge in [0, 0.05) is 35.3 Å². The van der Waals surface area contributed by atoms with Gasteiger partial charge in [-0.1, -0.05) is 6.42 Å². The van der Waals surface area contributed by atoms with E-state index >= 15 is 0 Å². The minimum atomic E-state index is 0.120. The molecule has 1 saturated heterocycles. The van der Waals surface area contributed by atoms with Crippen molar-refractivity contribution in [2.24, 2.45) is 0 Å². The molecule has 1 fully saturated rings. The molecular weight excluding hydrogens is 292 g/mol. The Morgan fingerprint density at radius 2 is 2.30 bits per heavy atom. The Morgan fingerprint density at radius 1 is 1.43 bits per heavy atom. The molecule has 1 aliphatic heterocycles. The molecule has 2 heterocycles. The first-order valence-electron chi connectivity index (χ1n) is 8.26. The van der Waals surface area contributed by atoms with Gasteiger partial charge in [-0.25, -0.2) is 0 Å². The number of carbonyl (C=O) groups excluding carboxylic acids is 1. The number of ketones is 1. The zero-order chi connectivity index (χ0) is 16.2. The lowest BCUT2D eigenvalue weighted by atomic mass is 9.98. The molecule has 2 aromatic rings. The van der Waals surface area contributed by atoms with Crippen molar-refractivity contribution in [3.63, 3.8) is 0 Å². The topological polar surface area (TPSA) is 65.6 Å². The number of aromatic nitrogens is 1. The monoisotopic (exact) mass is 316 g/mol. The largest absolute Gasteiger partial charge is 0.497 e. The third-order valence-corrected chi connectivity index (χ3v) is 4.75. The van der Waals surface area contributed by atoms with Gasteiger partial charge >= 0.3 is 0 Å². The third-order valence-electron chi connectivity index (χ3n) is 4.75. The number of aromatic amines is 1. The second-order valence-corrected chi connectivity index (χ2v) is 6.17. The van der Waals surface area contributed by atoms with Crippen LogP contribution in [-0.2, 0) is 0 Å². The summed E-state index contributed by atoms with van der Waals surface area (Å²) in [6.45, 7) is 1.52. The summed E-state index contributed by atoms with van der Waals surface area (Å²) in [5.41, 5.74) is 1.66. The third kappa shape index (κ3) is 3.41. The lowest BCUT2D eigenvalue weighted by Crippen LogP contribution is -2.43. The Bertz CT molecular complexity index is 678. The molecule has 2 N–H and O–H groups in total. The summed E-state index contributed by atoms with van der Waals surface area (Å²) >= 11 is 0. The molecule has 0 spiro atoms. The van der Waals surface area contributed by atoms with Crippen LogP contribution in [0.5, 0.6) is 5.75 Å². The first-order valence-corrected chi connectivity index (χ1v) is 8.26. The average Bonchev–Trinajstić information content (AvgIpc) is 3.00. The summed E-state index contributed by atoms with van der Waals surface area (Å²) in [4.78, 5) is 18.2. The SMILES string of the molecule is COc1ccc2[nH]cc(C(=O)CN3CCCCC3CCO)c2c1. The summed E-state index contributed by atoms with van der Waals surface area (Å²) in [6, 6.07) is 6.04. The molecule has 0 saturated carbocycles. The van der Waals surface area contributed by atoms with E-state index in [1.54, 1.807) is 13.3 Å². The van der Waals surface area contributed by atoms with Gasteiger partial charge in [-0.3, -0.25) is 9.69 Å². The smallest absolute Gasteiger partial charge is 0.178 e. The van der Waals surface area contributed by atoms with Gasteiger partial charge in [0.2, 0.25) is 0 Å². The molecule has 1 aliphatic rings. The number of ether oxygens (including phenoxy) is 1. The van der Waals surface area contributed by atoms with Crippen LogP contribution in [0.4, 0.5) is 0 Å². The number of benzene rings is 1. The number of methoxy groups -OCH3 is 1. The van der Waals surface area contributed by atoms with Crippen LogP contribution < -0.4 is 4.74 Å². The van der Waals surface area contributed by atoms with Crippen LogP contribution in [-0.4, -0.2) is 53.6 Å². The number of aliphatic hydroxyl groups is 1. The van der Waals surface area contributed by atoms with Gasteiger partial charge in [0.05, 0.1) is 13.7 Å². The Balaban J connectivity index is 1.79. The number of nitrogens with one attached hydrogen (secondary N) is 1. The van der Waals surface area contributed by atoms with E-state index in [4.69, 9.17) is 4.74 Å². The van der Waals surface area contributed by atoms with Crippen LogP contribution in [0.2, 0.25) is 0 Å². The van der Waals surface area contributed by atoms with Crippen LogP contribution in [0.3, 0.4) is 0 Å². The molecule has 0 aliphatic carbocycles. The van der Waals surface area contributed by atoms with Gasteiger partial charge in [0.25, 0.3) is 0 Å². The Kier molecular flexibility index (Phi) is 4.98. The first kappa shape index (κ1) is 16.0. The number of Topliss-reactive ketones (excluding diaryl/α,β-unsaturated/α-hetero) is 1. The molecule has 1 aromatic carbocycles. The van der Waals surface area contributed by atoms with Crippen LogP contribution in [0.25, 0.3) is 10.9 Å². The van der Waals surface area contributed by atoms with Crippen LogP contribution in [0.1, 0.15) is 36.0 Å². The van der Waals surface area contributed by atoms with Crippen molar-refractivity contribution in [2.75, 3.05) is 26.8 Å². The number of hydrogen-bond acceptors (Lipinski definition) is 4. The molecular formula is C18H24N2O3. The number of hydrogen-bond donors (Lipinski definition) is 2. The van der Waals surface area contributed by atoms with E-state index in [0.717, 1.165) is 42.5 Å². The molecule has 23 heavy (non-hydrogen) atoms. The fourth-order valence-corrected chi connectivity index (χ4v) is 3.47. The van der Waals surface area contributed by atoms with E-state index in [1.165, 1.54) is 6.42 Å². The van der Waals surface area contributed by atoms with Crippen molar-refractivity contribution in [2.45, 2.75) is 31.7 Å². The predicted molar refractivity (Wildman–Crippen MR) is 90.1 cm³/mol. The van der Waals surface area contributed by atoms with E-state index in [2.05, 4.69) is 9.88 Å². The van der Waals surface area contributed by atoms with Gasteiger partial charge in [-0.05, 0) is 44.0 Å². The highest BCUT2D eigenvalue weighted by Crippen LogP contribution is 2.25. The highest BCUT2D eigenvalue weighted by Gasteiger charge is 2.25. The quantitative estimate of drug-likeness (QED) is 0.804. The minimum Gasteiger partial charge on any atom is -0.497 e. The number of nitrogens with zero attached hydrogens (tertiary/aromatic N) is 1. The molecule has 5 heteroatoms. The maximum atomic E-state index is 12.8. The number of H-pyrrole nitrogens is 1. The highest BCUT2D eigenvalue weighted by atomic mass is 16.5. The second kappa shape index (κ2) is 7.15. The number of piperidine rings is 1. The first-order chi connectivity index (χ1) is 11.2. The zero-order valence-electron chi connectivity index (χ0n) is 13.5. The number of fused-ring (bicyclic) bond motifs is 1. The number of likely N-dealkylation sites (tertiary alicyclic amines) is 1. The molecule has 124 valence electrons. The summed E-state index contributed by atoms with van der Waals surface area (Å²) in [6.07, 6.45) is 5.90. The molecule has 1 atom stereocenters. The summed E-state index contributed by atoms with van der Waals surface area (Å²) < 4.78 is 5.26. The van der Waals surface area contributed by atoms with E-state index in [1.807, 2.05) is 18.2 Å². The fourth-order valence-electron chi connectivity index (χ4n) is 3.47. The van der Waals surface area contributed by atoms with Crippen molar-refractivity contribution >= 4 is 16.7 Å². The summed E-state index contributed by atoms with van der Waals surface area (Å²) in [7, 11) is 1.63. The maximum Gasteiger partial charge on any atom is 0.178 e. The van der Waals surface area contributed by atoms with Crippen molar-refractivity contribution in [3.8, 4) is 5.75 Å². The van der Waals surface area contributed by atoms with Crippen LogP contribution >= 0.6 is 0 Å². The number of rotatable bonds is 6. The highest BCUT2D eigenvalue weighted by molar-refractivity contribution is 6.09. The zero-order valence-corrected chi connectivity index (χ0v) is 13.5. The number of aliphatic hydroxyl groups excluding tert-OH is 1. The normalized spacial score (nSPS) is 19.1. The van der Waals surface area contributed by atoms with Gasteiger partial charge in [-0.15, -0.1) is 0 Å². The molecule has 0 amide bonds. The Labute approximate surface area is 136 Å². The summed E-state index contributed by atoms with van der Waals surface area (Å²) in [5, 5.41) is 10.1. The van der Waals surface area contributed by atoms with E-state index < -0.39 is 0 Å². The van der Waals surface area contributed by atoms with E-state index in [9.17, 15) is 9.90 Å². The van der Waals surface area contributed by atoms with Crippen LogP contribution in [0, 0.1) is 0 Å². The predicted octanol–water partition coefficient (Wildman–Crippen LogP) is 2.60. The molecule has 1 aromatic heterocycles. The van der Waals surface area contributed by atoms with Gasteiger partial charge < -0.3 is 14.8 Å². The molecule has 1 unspecified atom stereocenters. The fraction of sp³-hybridized carbons (Fsp3) is 0.500. The van der Waals surface area contributed by atoms with Gasteiger partial charge in [-0.2, -0.15) is 0 Å².